The summed E-state index contributed by atoms with van der Waals surface area (Å²) in [5, 5.41) is 21.4. The van der Waals surface area contributed by atoms with Gasteiger partial charge in [0.1, 0.15) is 10.7 Å². The Labute approximate surface area is 171 Å². The lowest BCUT2D eigenvalue weighted by molar-refractivity contribution is 0.102. The summed E-state index contributed by atoms with van der Waals surface area (Å²) in [6.45, 7) is 1.84. The molecule has 30 heavy (non-hydrogen) atoms. The van der Waals surface area contributed by atoms with Gasteiger partial charge in [-0.2, -0.15) is 4.31 Å². The molecule has 0 radical (unpaired) electrons. The summed E-state index contributed by atoms with van der Waals surface area (Å²) < 4.78 is 67.1. The van der Waals surface area contributed by atoms with Crippen LogP contribution in [0.1, 0.15) is 24.2 Å². The largest absolute Gasteiger partial charge is 0.392 e. The van der Waals surface area contributed by atoms with Crippen LogP contribution in [-0.2, 0) is 10.0 Å². The maximum Gasteiger partial charge on any atom is 0.255 e. The first kappa shape index (κ1) is 23.8. The van der Waals surface area contributed by atoms with Gasteiger partial charge in [-0.05, 0) is 44.2 Å². The number of sulfonamides is 1. The summed E-state index contributed by atoms with van der Waals surface area (Å²) >= 11 is 0. The molecule has 2 aromatic rings. The number of anilines is 1. The number of nitrogens with zero attached hydrogens (tertiary/aromatic N) is 1. The van der Waals surface area contributed by atoms with Crippen molar-refractivity contribution >= 4 is 21.6 Å². The van der Waals surface area contributed by atoms with Gasteiger partial charge >= 0.3 is 0 Å². The van der Waals surface area contributed by atoms with Crippen LogP contribution in [0.5, 0.6) is 0 Å². The van der Waals surface area contributed by atoms with Crippen molar-refractivity contribution in [1.82, 2.24) is 4.31 Å². The van der Waals surface area contributed by atoms with Crippen molar-refractivity contribution in [2.24, 2.45) is 0 Å². The molecule has 11 heteroatoms. The van der Waals surface area contributed by atoms with Crippen LogP contribution in [0, 0.1) is 17.5 Å². The molecule has 0 aromatic heterocycles. The van der Waals surface area contributed by atoms with Gasteiger partial charge in [0.25, 0.3) is 5.91 Å². The van der Waals surface area contributed by atoms with Gasteiger partial charge < -0.3 is 15.5 Å². The van der Waals surface area contributed by atoms with Gasteiger partial charge in [0.05, 0.1) is 12.2 Å². The average molecular weight is 446 g/mol. The summed E-state index contributed by atoms with van der Waals surface area (Å²) in [7, 11) is -4.51. The summed E-state index contributed by atoms with van der Waals surface area (Å²) in [4.78, 5) is 11.6. The van der Waals surface area contributed by atoms with Gasteiger partial charge in [-0.25, -0.2) is 21.6 Å². The lowest BCUT2D eigenvalue weighted by Crippen LogP contribution is -2.41. The van der Waals surface area contributed by atoms with E-state index in [1.807, 2.05) is 0 Å². The van der Waals surface area contributed by atoms with Gasteiger partial charge in [0.2, 0.25) is 10.0 Å². The molecule has 0 saturated carbocycles. The van der Waals surface area contributed by atoms with Crippen LogP contribution < -0.4 is 5.32 Å². The van der Waals surface area contributed by atoms with E-state index in [0.717, 1.165) is 36.4 Å². The first-order valence-electron chi connectivity index (χ1n) is 8.84. The zero-order valence-electron chi connectivity index (χ0n) is 16.1. The predicted octanol–water partition coefficient (Wildman–Crippen LogP) is 2.11. The summed E-state index contributed by atoms with van der Waals surface area (Å²) in [6, 6.07) is 5.23. The Morgan fingerprint density at radius 1 is 0.967 bits per heavy atom. The molecule has 1 amide bonds. The number of carbonyl (C=O) groups excluding carboxylic acids is 1. The van der Waals surface area contributed by atoms with Crippen LogP contribution in [0.4, 0.5) is 18.9 Å². The number of hydrogen-bond donors (Lipinski definition) is 3. The molecule has 7 nitrogen and oxygen atoms in total. The Bertz CT molecular complexity index is 1020. The second-order valence-corrected chi connectivity index (χ2v) is 8.65. The molecule has 0 aliphatic rings. The lowest BCUT2D eigenvalue weighted by Gasteiger charge is -2.25. The smallest absolute Gasteiger partial charge is 0.255 e. The highest BCUT2D eigenvalue weighted by Crippen LogP contribution is 2.23. The molecule has 0 bridgehead atoms. The second kappa shape index (κ2) is 9.56. The van der Waals surface area contributed by atoms with Crippen LogP contribution in [0.3, 0.4) is 0 Å². The lowest BCUT2D eigenvalue weighted by atomic mass is 10.2. The zero-order valence-corrected chi connectivity index (χ0v) is 17.0. The fourth-order valence-corrected chi connectivity index (χ4v) is 4.31. The van der Waals surface area contributed by atoms with Crippen LogP contribution in [0.15, 0.2) is 41.3 Å². The van der Waals surface area contributed by atoms with Gasteiger partial charge in [-0.1, -0.05) is 0 Å². The number of carbonyl (C=O) groups is 1. The maximum absolute atomic E-state index is 14.3. The Balaban J connectivity index is 2.38. The monoisotopic (exact) mass is 446 g/mol. The molecule has 3 N–H and O–H groups in total. The molecule has 2 rings (SSSR count). The van der Waals surface area contributed by atoms with Crippen molar-refractivity contribution in [3.05, 3.63) is 59.4 Å². The summed E-state index contributed by atoms with van der Waals surface area (Å²) in [6.07, 6.45) is -2.19. The van der Waals surface area contributed by atoms with Gasteiger partial charge in [-0.3, -0.25) is 4.79 Å². The normalized spacial score (nSPS) is 13.9. The molecule has 0 heterocycles. The van der Waals surface area contributed by atoms with E-state index in [4.69, 9.17) is 0 Å². The van der Waals surface area contributed by atoms with Crippen molar-refractivity contribution in [3.8, 4) is 0 Å². The van der Waals surface area contributed by atoms with E-state index in [2.05, 4.69) is 5.32 Å². The molecule has 0 fully saturated rings. The summed E-state index contributed by atoms with van der Waals surface area (Å²) in [5.41, 5.74) is -0.341. The number of halogens is 3. The zero-order chi connectivity index (χ0) is 22.6. The van der Waals surface area contributed by atoms with Crippen molar-refractivity contribution in [1.29, 1.82) is 0 Å². The van der Waals surface area contributed by atoms with E-state index in [1.165, 1.54) is 13.8 Å². The summed E-state index contributed by atoms with van der Waals surface area (Å²) in [5.74, 6) is -4.32. The minimum absolute atomic E-state index is 0.0857. The quantitative estimate of drug-likeness (QED) is 0.576. The Morgan fingerprint density at radius 2 is 1.53 bits per heavy atom. The number of benzene rings is 2. The highest BCUT2D eigenvalue weighted by atomic mass is 32.2. The molecule has 2 unspecified atom stereocenters. The number of amides is 1. The number of aliphatic hydroxyl groups excluding tert-OH is 2. The van der Waals surface area contributed by atoms with Gasteiger partial charge in [0.15, 0.2) is 11.6 Å². The van der Waals surface area contributed by atoms with Crippen molar-refractivity contribution in [2.45, 2.75) is 31.0 Å². The molecular weight excluding hydrogens is 425 g/mol. The molecule has 0 aliphatic heterocycles. The topological polar surface area (TPSA) is 107 Å². The first-order chi connectivity index (χ1) is 13.9. The molecule has 164 valence electrons. The van der Waals surface area contributed by atoms with Crippen LogP contribution in [-0.4, -0.2) is 54.1 Å². The Hall–Kier alpha value is -2.47. The minimum atomic E-state index is -4.51. The van der Waals surface area contributed by atoms with Crippen LogP contribution in [0.2, 0.25) is 0 Å². The molecular formula is C19H21F3N2O5S. The van der Waals surface area contributed by atoms with Crippen molar-refractivity contribution < 1.29 is 36.6 Å². The SMILES string of the molecule is CC(O)CN(CC(C)O)S(=O)(=O)c1cc(C(=O)Nc2ccc(F)c(F)c2)ccc1F. The highest BCUT2D eigenvalue weighted by molar-refractivity contribution is 7.89. The average Bonchev–Trinajstić information content (AvgIpc) is 2.63. The fourth-order valence-electron chi connectivity index (χ4n) is 2.62. The third-order valence-electron chi connectivity index (χ3n) is 3.92. The molecule has 0 aliphatic carbocycles. The van der Waals surface area contributed by atoms with E-state index < -0.39 is 63.6 Å². The Morgan fingerprint density at radius 3 is 2.07 bits per heavy atom. The standard InChI is InChI=1S/C19H21F3N2O5S/c1-11(25)9-24(10-12(2)26)30(28,29)18-7-13(3-5-16(18)21)19(27)23-14-4-6-15(20)17(22)8-14/h3-8,11-12,25-26H,9-10H2,1-2H3,(H,23,27). The van der Waals surface area contributed by atoms with Gasteiger partial charge in [-0.15, -0.1) is 0 Å². The van der Waals surface area contributed by atoms with E-state index in [-0.39, 0.29) is 11.3 Å². The van der Waals surface area contributed by atoms with Crippen molar-refractivity contribution in [2.75, 3.05) is 18.4 Å². The number of hydrogen-bond acceptors (Lipinski definition) is 5. The molecule has 0 spiro atoms. The van der Waals surface area contributed by atoms with Gasteiger partial charge in [0, 0.05) is 30.4 Å². The number of nitrogens with one attached hydrogen (secondary N) is 1. The van der Waals surface area contributed by atoms with Crippen molar-refractivity contribution in [3.63, 3.8) is 0 Å². The second-order valence-electron chi connectivity index (χ2n) is 6.75. The first-order valence-corrected chi connectivity index (χ1v) is 10.3. The maximum atomic E-state index is 14.3. The Kier molecular flexibility index (Phi) is 7.59. The third-order valence-corrected chi connectivity index (χ3v) is 5.77. The van der Waals surface area contributed by atoms with E-state index in [9.17, 15) is 36.6 Å². The number of rotatable bonds is 8. The number of aliphatic hydroxyl groups is 2. The minimum Gasteiger partial charge on any atom is -0.392 e. The molecule has 2 aromatic carbocycles. The van der Waals surface area contributed by atoms with E-state index in [1.54, 1.807) is 0 Å². The molecule has 2 atom stereocenters. The molecule has 0 saturated heterocycles. The van der Waals surface area contributed by atoms with E-state index >= 15 is 0 Å². The van der Waals surface area contributed by atoms with Crippen LogP contribution in [0.25, 0.3) is 0 Å². The fraction of sp³-hybridized carbons (Fsp3) is 0.316. The highest BCUT2D eigenvalue weighted by Gasteiger charge is 2.30. The predicted molar refractivity (Wildman–Crippen MR) is 103 cm³/mol. The van der Waals surface area contributed by atoms with E-state index in [0.29, 0.717) is 4.31 Å². The third kappa shape index (κ3) is 5.79. The van der Waals surface area contributed by atoms with Crippen LogP contribution >= 0.6 is 0 Å².